The highest BCUT2D eigenvalue weighted by molar-refractivity contribution is 6.00. The maximum absolute atomic E-state index is 13.5. The molecule has 1 heterocycles. The first kappa shape index (κ1) is 18.9. The van der Waals surface area contributed by atoms with Gasteiger partial charge in [-0.15, -0.1) is 0 Å². The zero-order chi connectivity index (χ0) is 20.2. The predicted molar refractivity (Wildman–Crippen MR) is 116 cm³/mol. The normalized spacial score (nSPS) is 14.0. The molecule has 0 aliphatic carbocycles. The summed E-state index contributed by atoms with van der Waals surface area (Å²) in [5.41, 5.74) is 4.55. The number of Topliss-reactive ketones (excluding diaryl/α,β-unsaturated/α-hetero) is 1. The molecule has 1 N–H and O–H groups in total. The van der Waals surface area contributed by atoms with Gasteiger partial charge in [0.2, 0.25) is 0 Å². The molecule has 3 aromatic carbocycles. The number of aryl methyl sites for hydroxylation is 1. The molecule has 1 atom stereocenters. The highest BCUT2D eigenvalue weighted by Crippen LogP contribution is 2.34. The molecule has 4 heteroatoms. The van der Waals surface area contributed by atoms with Crippen LogP contribution >= 0.6 is 0 Å². The quantitative estimate of drug-likeness (QED) is 0.628. The van der Waals surface area contributed by atoms with E-state index in [-0.39, 0.29) is 11.7 Å². The van der Waals surface area contributed by atoms with Gasteiger partial charge in [0, 0.05) is 23.5 Å². The Bertz CT molecular complexity index is 1030. The smallest absolute Gasteiger partial charge is 0.251 e. The van der Waals surface area contributed by atoms with E-state index in [0.717, 1.165) is 30.6 Å². The molecule has 0 fully saturated rings. The molecule has 0 saturated heterocycles. The van der Waals surface area contributed by atoms with Gasteiger partial charge >= 0.3 is 0 Å². The van der Waals surface area contributed by atoms with E-state index in [1.165, 1.54) is 12.5 Å². The third-order valence-electron chi connectivity index (χ3n) is 5.36. The van der Waals surface area contributed by atoms with Crippen LogP contribution in [0.15, 0.2) is 78.9 Å². The fraction of sp³-hybridized carbons (Fsp3) is 0.200. The van der Waals surface area contributed by atoms with Crippen molar-refractivity contribution < 1.29 is 9.59 Å². The predicted octanol–water partition coefficient (Wildman–Crippen LogP) is 5.02. The van der Waals surface area contributed by atoms with Crippen LogP contribution in [0.4, 0.5) is 11.4 Å². The lowest BCUT2D eigenvalue weighted by molar-refractivity contribution is -0.117. The Balaban J connectivity index is 1.70. The van der Waals surface area contributed by atoms with Gasteiger partial charge in [0.15, 0.2) is 5.78 Å². The van der Waals surface area contributed by atoms with E-state index in [0.29, 0.717) is 11.3 Å². The summed E-state index contributed by atoms with van der Waals surface area (Å²) < 4.78 is 0. The lowest BCUT2D eigenvalue weighted by Gasteiger charge is -2.37. The van der Waals surface area contributed by atoms with Gasteiger partial charge in [0.1, 0.15) is 6.04 Å². The Morgan fingerprint density at radius 1 is 0.931 bits per heavy atom. The summed E-state index contributed by atoms with van der Waals surface area (Å²) in [5.74, 6) is -0.126. The molecule has 4 nitrogen and oxygen atoms in total. The van der Waals surface area contributed by atoms with E-state index in [4.69, 9.17) is 0 Å². The van der Waals surface area contributed by atoms with Crippen molar-refractivity contribution in [3.05, 3.63) is 95.6 Å². The van der Waals surface area contributed by atoms with Gasteiger partial charge in [0.25, 0.3) is 5.91 Å². The van der Waals surface area contributed by atoms with Crippen molar-refractivity contribution >= 4 is 23.1 Å². The first-order chi connectivity index (χ1) is 14.1. The molecule has 0 bridgehead atoms. The molecule has 4 rings (SSSR count). The Hall–Kier alpha value is -3.40. The van der Waals surface area contributed by atoms with E-state index in [9.17, 15) is 9.59 Å². The van der Waals surface area contributed by atoms with E-state index in [1.54, 1.807) is 18.2 Å². The third kappa shape index (κ3) is 4.06. The van der Waals surface area contributed by atoms with Gasteiger partial charge < -0.3 is 10.2 Å². The fourth-order valence-corrected chi connectivity index (χ4v) is 3.97. The second kappa shape index (κ2) is 8.31. The molecular formula is C25H24N2O2. The summed E-state index contributed by atoms with van der Waals surface area (Å²) in [6.07, 6.45) is 2.03. The van der Waals surface area contributed by atoms with E-state index in [1.807, 2.05) is 48.5 Å². The van der Waals surface area contributed by atoms with E-state index < -0.39 is 6.04 Å². The van der Waals surface area contributed by atoms with Gasteiger partial charge in [-0.2, -0.15) is 0 Å². The number of hydrogen-bond acceptors (Lipinski definition) is 3. The topological polar surface area (TPSA) is 49.4 Å². The van der Waals surface area contributed by atoms with E-state index >= 15 is 0 Å². The van der Waals surface area contributed by atoms with E-state index in [2.05, 4.69) is 22.3 Å². The largest absolute Gasteiger partial charge is 0.356 e. The number of anilines is 2. The Kier molecular flexibility index (Phi) is 5.43. The van der Waals surface area contributed by atoms with Crippen molar-refractivity contribution in [2.45, 2.75) is 25.8 Å². The molecular weight excluding hydrogens is 360 g/mol. The number of nitrogens with zero attached hydrogens (tertiary/aromatic N) is 1. The van der Waals surface area contributed by atoms with Crippen molar-refractivity contribution in [3.8, 4) is 0 Å². The third-order valence-corrected chi connectivity index (χ3v) is 5.36. The summed E-state index contributed by atoms with van der Waals surface area (Å²) in [6.45, 7) is 2.34. The van der Waals surface area contributed by atoms with Gasteiger partial charge in [-0.1, -0.05) is 60.7 Å². The number of benzene rings is 3. The lowest BCUT2D eigenvalue weighted by atomic mass is 9.96. The zero-order valence-corrected chi connectivity index (χ0v) is 16.5. The van der Waals surface area contributed by atoms with Crippen LogP contribution in [0, 0.1) is 0 Å². The van der Waals surface area contributed by atoms with Gasteiger partial charge in [-0.25, -0.2) is 0 Å². The van der Waals surface area contributed by atoms with Crippen LogP contribution in [0.5, 0.6) is 0 Å². The number of carbonyl (C=O) groups excluding carboxylic acids is 2. The van der Waals surface area contributed by atoms with Crippen molar-refractivity contribution in [2.75, 3.05) is 16.8 Å². The number of hydrogen-bond donors (Lipinski definition) is 1. The van der Waals surface area contributed by atoms with Crippen LogP contribution in [0.25, 0.3) is 0 Å². The Morgan fingerprint density at radius 2 is 1.69 bits per heavy atom. The molecule has 0 spiro atoms. The Labute approximate surface area is 171 Å². The lowest BCUT2D eigenvalue weighted by Crippen LogP contribution is -2.40. The minimum absolute atomic E-state index is 0.0225. The van der Waals surface area contributed by atoms with Crippen molar-refractivity contribution in [1.82, 2.24) is 0 Å². The van der Waals surface area contributed by atoms with Crippen molar-refractivity contribution in [1.29, 1.82) is 0 Å². The number of amides is 1. The molecule has 1 amide bonds. The number of ketones is 1. The molecule has 0 radical (unpaired) electrons. The average molecular weight is 384 g/mol. The molecule has 3 aromatic rings. The van der Waals surface area contributed by atoms with Crippen LogP contribution in [0.3, 0.4) is 0 Å². The number of nitrogens with one attached hydrogen (secondary N) is 1. The summed E-state index contributed by atoms with van der Waals surface area (Å²) in [5, 5.41) is 3.03. The highest BCUT2D eigenvalue weighted by Gasteiger charge is 2.31. The SMILES string of the molecule is CC(=O)c1cccc(NC(=O)C(c2ccccc2)N2CCCc3ccccc32)c1. The molecule has 29 heavy (non-hydrogen) atoms. The minimum Gasteiger partial charge on any atom is -0.356 e. The van der Waals surface area contributed by atoms with Gasteiger partial charge in [0.05, 0.1) is 0 Å². The number of fused-ring (bicyclic) bond motifs is 1. The van der Waals surface area contributed by atoms with Crippen LogP contribution in [0.1, 0.15) is 40.9 Å². The first-order valence-corrected chi connectivity index (χ1v) is 9.95. The van der Waals surface area contributed by atoms with Crippen molar-refractivity contribution in [3.63, 3.8) is 0 Å². The zero-order valence-electron chi connectivity index (χ0n) is 16.5. The maximum Gasteiger partial charge on any atom is 0.251 e. The number of rotatable bonds is 5. The molecule has 1 aliphatic rings. The van der Waals surface area contributed by atoms with Crippen LogP contribution in [0.2, 0.25) is 0 Å². The summed E-state index contributed by atoms with van der Waals surface area (Å²) in [4.78, 5) is 27.4. The van der Waals surface area contributed by atoms with Gasteiger partial charge in [-0.3, -0.25) is 9.59 Å². The highest BCUT2D eigenvalue weighted by atomic mass is 16.2. The number of carbonyl (C=O) groups is 2. The van der Waals surface area contributed by atoms with Gasteiger partial charge in [-0.05, 0) is 49.1 Å². The molecule has 1 aliphatic heterocycles. The maximum atomic E-state index is 13.5. The summed E-state index contributed by atoms with van der Waals surface area (Å²) >= 11 is 0. The molecule has 0 aromatic heterocycles. The average Bonchev–Trinajstić information content (AvgIpc) is 2.75. The first-order valence-electron chi connectivity index (χ1n) is 9.95. The van der Waals surface area contributed by atoms with Crippen LogP contribution < -0.4 is 10.2 Å². The van der Waals surface area contributed by atoms with Crippen LogP contribution in [-0.2, 0) is 11.2 Å². The standard InChI is InChI=1S/C25H24N2O2/c1-18(28)21-12-7-14-22(17-21)26-25(29)24(20-10-3-2-4-11-20)27-16-8-13-19-9-5-6-15-23(19)27/h2-7,9-12,14-15,17,24H,8,13,16H2,1H3,(H,26,29). The summed E-state index contributed by atoms with van der Waals surface area (Å²) in [6, 6.07) is 24.8. The number of para-hydroxylation sites is 1. The van der Waals surface area contributed by atoms with Crippen molar-refractivity contribution in [2.24, 2.45) is 0 Å². The molecule has 0 saturated carbocycles. The fourth-order valence-electron chi connectivity index (χ4n) is 3.97. The molecule has 146 valence electrons. The second-order valence-corrected chi connectivity index (χ2v) is 7.37. The summed E-state index contributed by atoms with van der Waals surface area (Å²) in [7, 11) is 0. The second-order valence-electron chi connectivity index (χ2n) is 7.37. The van der Waals surface area contributed by atoms with Crippen LogP contribution in [-0.4, -0.2) is 18.2 Å². The Morgan fingerprint density at radius 3 is 2.48 bits per heavy atom. The monoisotopic (exact) mass is 384 g/mol. The molecule has 1 unspecified atom stereocenters. The minimum atomic E-state index is -0.446.